The minimum atomic E-state index is -0.983. The summed E-state index contributed by atoms with van der Waals surface area (Å²) in [5.74, 6) is -0.426. The van der Waals surface area contributed by atoms with Crippen LogP contribution in [0.15, 0.2) is 109 Å². The number of carbonyl (C=O) groups is 4. The molecule has 20 heteroatoms. The van der Waals surface area contributed by atoms with E-state index in [2.05, 4.69) is 56.3 Å². The van der Waals surface area contributed by atoms with Crippen molar-refractivity contribution in [1.29, 1.82) is 0 Å². The zero-order chi connectivity index (χ0) is 56.4. The van der Waals surface area contributed by atoms with Gasteiger partial charge in [-0.2, -0.15) is 0 Å². The van der Waals surface area contributed by atoms with Crippen molar-refractivity contribution >= 4 is 51.9 Å². The lowest BCUT2D eigenvalue weighted by Crippen LogP contribution is -2.58. The van der Waals surface area contributed by atoms with Crippen LogP contribution in [0.1, 0.15) is 75.3 Å². The number of nitrogens with zero attached hydrogens (tertiary/aromatic N) is 6. The van der Waals surface area contributed by atoms with E-state index in [0.717, 1.165) is 69.0 Å². The van der Waals surface area contributed by atoms with Gasteiger partial charge in [0, 0.05) is 55.5 Å². The van der Waals surface area contributed by atoms with Gasteiger partial charge in [-0.25, -0.2) is 19.9 Å². The predicted octanol–water partition coefficient (Wildman–Crippen LogP) is 6.41. The second-order valence-corrected chi connectivity index (χ2v) is 22.4. The van der Waals surface area contributed by atoms with Crippen LogP contribution < -0.4 is 27.4 Å². The Morgan fingerprint density at radius 3 is 2.29 bits per heavy atom. The van der Waals surface area contributed by atoms with Gasteiger partial charge in [-0.05, 0) is 103 Å². The molecule has 0 spiro atoms. The monoisotopic (exact) mass is 1110 g/mol. The number of aryl methyl sites for hydroxylation is 2. The maximum absolute atomic E-state index is 14.0. The first-order valence-corrected chi connectivity index (χ1v) is 28.1. The molecule has 8 N–H and O–H groups in total. The Morgan fingerprint density at radius 1 is 0.838 bits per heavy atom. The molecule has 2 aliphatic rings. The van der Waals surface area contributed by atoms with Crippen molar-refractivity contribution in [1.82, 2.24) is 45.4 Å². The predicted molar refractivity (Wildman–Crippen MR) is 307 cm³/mol. The smallest absolute Gasteiger partial charge is 0.246 e. The maximum atomic E-state index is 14.0. The molecule has 9 rings (SSSR count). The summed E-state index contributed by atoms with van der Waals surface area (Å²) in [4.78, 5) is 74.6. The van der Waals surface area contributed by atoms with E-state index in [0.29, 0.717) is 61.0 Å². The number of aliphatic hydroxyl groups is 1. The lowest BCUT2D eigenvalue weighted by atomic mass is 9.73. The Balaban J connectivity index is 0.665. The first-order valence-electron chi connectivity index (χ1n) is 27.2. The average molecular weight is 1110 g/mol. The third-order valence-corrected chi connectivity index (χ3v) is 15.6. The summed E-state index contributed by atoms with van der Waals surface area (Å²) in [6.07, 6.45) is 4.75. The Hall–Kier alpha value is -7.46. The van der Waals surface area contributed by atoms with E-state index >= 15 is 0 Å². The summed E-state index contributed by atoms with van der Waals surface area (Å²) < 4.78 is 18.8. The van der Waals surface area contributed by atoms with Gasteiger partial charge in [0.2, 0.25) is 23.6 Å². The summed E-state index contributed by atoms with van der Waals surface area (Å²) in [6, 6.07) is 30.0. The summed E-state index contributed by atoms with van der Waals surface area (Å²) in [7, 11) is 0. The van der Waals surface area contributed by atoms with Gasteiger partial charge in [0.15, 0.2) is 11.5 Å². The molecule has 4 amide bonds. The van der Waals surface area contributed by atoms with Gasteiger partial charge in [0.1, 0.15) is 30.0 Å². The fourth-order valence-corrected chi connectivity index (χ4v) is 10.8. The lowest BCUT2D eigenvalue weighted by Gasteiger charge is -2.38. The first-order chi connectivity index (χ1) is 38.5. The minimum Gasteiger partial charge on any atom is -0.391 e. The van der Waals surface area contributed by atoms with E-state index in [1.807, 2.05) is 105 Å². The number of benzene rings is 3. The van der Waals surface area contributed by atoms with Gasteiger partial charge in [-0.3, -0.25) is 23.7 Å². The number of thiazole rings is 1. The highest BCUT2D eigenvalue weighted by atomic mass is 32.1. The van der Waals surface area contributed by atoms with E-state index in [4.69, 9.17) is 35.6 Å². The number of hydrogen-bond donors (Lipinski definition) is 6. The fraction of sp³-hybridized carbons (Fsp3) is 0.400. The number of aliphatic hydroxyl groups excluding tert-OH is 1. The van der Waals surface area contributed by atoms with Gasteiger partial charge < -0.3 is 51.6 Å². The number of anilines is 1. The Kier molecular flexibility index (Phi) is 18.4. The van der Waals surface area contributed by atoms with Crippen molar-refractivity contribution < 1.29 is 38.5 Å². The number of imidazole rings is 1. The molecule has 1 saturated heterocycles. The number of nitrogen functional groups attached to an aromatic ring is 1. The second kappa shape index (κ2) is 25.8. The molecule has 0 bridgehead atoms. The van der Waals surface area contributed by atoms with Crippen LogP contribution in [0.4, 0.5) is 5.82 Å². The quantitative estimate of drug-likeness (QED) is 0.0358. The number of ether oxygens (including phenoxy) is 3. The van der Waals surface area contributed by atoms with E-state index in [1.54, 1.807) is 17.5 Å². The third kappa shape index (κ3) is 13.9. The molecular weight excluding hydrogens is 1030 g/mol. The molecular formula is C60H71N11O8S. The van der Waals surface area contributed by atoms with Gasteiger partial charge in [0.05, 0.1) is 66.5 Å². The van der Waals surface area contributed by atoms with E-state index in [9.17, 15) is 24.3 Å². The van der Waals surface area contributed by atoms with Crippen molar-refractivity contribution in [3.8, 4) is 38.8 Å². The largest absolute Gasteiger partial charge is 0.391 e. The standard InChI is InChI=1S/C60H71N11O8S/c1-38-52(80-37-66-38)41-14-11-40(12-15-41)34-65-57(75)49-33-45(72)35-70(49)58(76)53(59(2,3)4)69-51(74)36-79-31-30-78-29-28-77-27-26-63-50(73)22-13-39-8-5-9-42(32-39)47-20-21-48-56(67-47)71(55(68-48)46-10-6-25-64-54(46)61)44-18-16-43(17-19-44)60(62)23-7-24-60/h5-6,8-12,14-21,25,32,37,45,49,53,72H,7,13,22-24,26-31,33-36,62H2,1-4H3,(H2,61,64)(H,63,73)(H,65,75)(H,69,74)/t45-,49+,53-/m1/s1. The molecule has 0 unspecified atom stereocenters. The van der Waals surface area contributed by atoms with E-state index < -0.39 is 35.4 Å². The number of pyridine rings is 2. The lowest BCUT2D eigenvalue weighted by molar-refractivity contribution is -0.144. The number of nitrogens with one attached hydrogen (secondary N) is 3. The Labute approximate surface area is 469 Å². The molecule has 5 heterocycles. The molecule has 0 radical (unpaired) electrons. The van der Waals surface area contributed by atoms with E-state index in [1.165, 1.54) is 4.90 Å². The average Bonchev–Trinajstić information content (AvgIpc) is 4.20. The van der Waals surface area contributed by atoms with Crippen molar-refractivity contribution in [2.75, 3.05) is 58.5 Å². The number of aromatic nitrogens is 5. The molecule has 2 fully saturated rings. The summed E-state index contributed by atoms with van der Waals surface area (Å²) >= 11 is 1.57. The molecule has 4 aromatic heterocycles. The van der Waals surface area contributed by atoms with Crippen LogP contribution >= 0.6 is 11.3 Å². The molecule has 7 aromatic rings. The van der Waals surface area contributed by atoms with Crippen LogP contribution in [0, 0.1) is 12.3 Å². The highest BCUT2D eigenvalue weighted by molar-refractivity contribution is 7.13. The summed E-state index contributed by atoms with van der Waals surface area (Å²) in [6.45, 7) is 8.89. The summed E-state index contributed by atoms with van der Waals surface area (Å²) in [5.41, 5.74) is 23.5. The number of rotatable bonds is 24. The van der Waals surface area contributed by atoms with Crippen molar-refractivity contribution in [2.24, 2.45) is 11.1 Å². The van der Waals surface area contributed by atoms with Gasteiger partial charge in [-0.1, -0.05) is 75.4 Å². The van der Waals surface area contributed by atoms with E-state index in [-0.39, 0.29) is 63.3 Å². The van der Waals surface area contributed by atoms with Crippen molar-refractivity contribution in [2.45, 2.75) is 96.5 Å². The van der Waals surface area contributed by atoms with Gasteiger partial charge >= 0.3 is 0 Å². The minimum absolute atomic E-state index is 0.0284. The normalized spacial score (nSPS) is 16.3. The van der Waals surface area contributed by atoms with Crippen LogP contribution in [0.3, 0.4) is 0 Å². The molecule has 1 aliphatic carbocycles. The Morgan fingerprint density at radius 2 is 1.59 bits per heavy atom. The first kappa shape index (κ1) is 57.2. The third-order valence-electron chi connectivity index (χ3n) is 14.7. The molecule has 420 valence electrons. The number of carbonyl (C=O) groups excluding carboxylic acids is 4. The van der Waals surface area contributed by atoms with Gasteiger partial charge in [-0.15, -0.1) is 11.3 Å². The highest BCUT2D eigenvalue weighted by Gasteiger charge is 2.44. The highest BCUT2D eigenvalue weighted by Crippen LogP contribution is 2.40. The molecule has 3 aromatic carbocycles. The number of β-amino-alcohol motifs (C(OH)–C–C–N with tert-alkyl or cyclic N) is 1. The molecule has 19 nitrogen and oxygen atoms in total. The van der Waals surface area contributed by atoms with Crippen molar-refractivity contribution in [3.05, 3.63) is 131 Å². The molecule has 3 atom stereocenters. The van der Waals surface area contributed by atoms with Crippen LogP contribution in [-0.2, 0) is 51.9 Å². The molecule has 80 heavy (non-hydrogen) atoms. The van der Waals surface area contributed by atoms with Crippen LogP contribution in [0.5, 0.6) is 0 Å². The number of nitrogens with two attached hydrogens (primary N) is 2. The van der Waals surface area contributed by atoms with Crippen LogP contribution in [0.25, 0.3) is 49.9 Å². The van der Waals surface area contributed by atoms with Crippen molar-refractivity contribution in [3.63, 3.8) is 0 Å². The topological polar surface area (TPSA) is 264 Å². The number of amides is 4. The molecule has 1 saturated carbocycles. The number of hydrogen-bond acceptors (Lipinski definition) is 15. The van der Waals surface area contributed by atoms with Gasteiger partial charge in [0.25, 0.3) is 0 Å². The molecule has 1 aliphatic heterocycles. The number of fused-ring (bicyclic) bond motifs is 1. The summed E-state index contributed by atoms with van der Waals surface area (Å²) in [5, 5.41) is 19.2. The number of likely N-dealkylation sites (tertiary alicyclic amines) is 1. The zero-order valence-corrected chi connectivity index (χ0v) is 46.6. The maximum Gasteiger partial charge on any atom is 0.246 e. The SMILES string of the molecule is Cc1ncsc1-c1ccc(CNC(=O)[C@@H]2C[C@@H](O)CN2C(=O)[C@@H](NC(=O)COCCOCCOCCNC(=O)CCc2cccc(-c3ccc4nc(-c5cccnc5N)n(-c5ccc(C6(N)CCC6)cc5)c4n3)c2)C(C)(C)C)cc1. The second-order valence-electron chi connectivity index (χ2n) is 21.6. The zero-order valence-electron chi connectivity index (χ0n) is 45.8. The Bertz CT molecular complexity index is 3280. The fourth-order valence-electron chi connectivity index (χ4n) is 10.0. The van der Waals surface area contributed by atoms with Crippen LogP contribution in [0.2, 0.25) is 0 Å². The van der Waals surface area contributed by atoms with Crippen LogP contribution in [-0.4, -0.2) is 129 Å².